The van der Waals surface area contributed by atoms with Crippen molar-refractivity contribution < 1.29 is 4.79 Å². The Morgan fingerprint density at radius 3 is 2.57 bits per heavy atom. The number of hydrogen-bond acceptors (Lipinski definition) is 4. The molecule has 0 N–H and O–H groups in total. The van der Waals surface area contributed by atoms with Gasteiger partial charge < -0.3 is 4.90 Å². The molecule has 0 bridgehead atoms. The van der Waals surface area contributed by atoms with E-state index in [2.05, 4.69) is 16.0 Å². The smallest absolute Gasteiger partial charge is 0.253 e. The van der Waals surface area contributed by atoms with E-state index in [1.807, 2.05) is 54.7 Å². The summed E-state index contributed by atoms with van der Waals surface area (Å²) in [6.07, 6.45) is 5.39. The van der Waals surface area contributed by atoms with Crippen molar-refractivity contribution in [3.05, 3.63) is 84.8 Å². The van der Waals surface area contributed by atoms with Crippen LogP contribution in [0.4, 0.5) is 0 Å². The van der Waals surface area contributed by atoms with Gasteiger partial charge in [-0.25, -0.2) is 4.52 Å². The monoisotopic (exact) mass is 393 g/mol. The average Bonchev–Trinajstić information content (AvgIpc) is 3.17. The number of carbonyl (C=O) groups excluding carboxylic acids is 1. The zero-order valence-electron chi connectivity index (χ0n) is 16.6. The first-order valence-corrected chi connectivity index (χ1v) is 9.63. The van der Waals surface area contributed by atoms with Gasteiger partial charge in [-0.2, -0.15) is 5.10 Å². The minimum atomic E-state index is -0.0522. The number of nitrogens with zero attached hydrogens (tertiary/aromatic N) is 5. The summed E-state index contributed by atoms with van der Waals surface area (Å²) in [5, 5.41) is 5.84. The lowest BCUT2D eigenvalue weighted by atomic mass is 9.98. The Hall–Kier alpha value is -4.06. The third-order valence-corrected chi connectivity index (χ3v) is 5.11. The fourth-order valence-corrected chi connectivity index (χ4v) is 3.70. The largest absolute Gasteiger partial charge is 0.345 e. The molecule has 4 aromatic heterocycles. The molecular formula is C24H19N5O. The Morgan fingerprint density at radius 1 is 0.933 bits per heavy atom. The minimum absolute atomic E-state index is 0.0522. The molecular weight excluding hydrogens is 374 g/mol. The highest BCUT2D eigenvalue weighted by Gasteiger charge is 2.20. The van der Waals surface area contributed by atoms with Gasteiger partial charge in [0.15, 0.2) is 0 Å². The number of pyridine rings is 3. The van der Waals surface area contributed by atoms with E-state index in [0.29, 0.717) is 5.56 Å². The standard InChI is InChI=1S/C24H19N5O/c1-28(2)24(30)16-11-14-29-21(15-16)22(23(27-29)20-9-5-6-12-25-20)18-10-13-26-19-8-4-3-7-17(18)19/h3-15H,1-2H3. The third kappa shape index (κ3) is 2.90. The second kappa shape index (κ2) is 7.08. The van der Waals surface area contributed by atoms with Gasteiger partial charge in [0.2, 0.25) is 0 Å². The summed E-state index contributed by atoms with van der Waals surface area (Å²) in [7, 11) is 3.50. The molecule has 1 amide bonds. The van der Waals surface area contributed by atoms with Crippen molar-refractivity contribution in [2.75, 3.05) is 14.1 Å². The molecule has 30 heavy (non-hydrogen) atoms. The molecule has 0 spiro atoms. The van der Waals surface area contributed by atoms with Gasteiger partial charge in [0.25, 0.3) is 5.91 Å². The number of fused-ring (bicyclic) bond motifs is 2. The van der Waals surface area contributed by atoms with Crippen LogP contribution in [-0.2, 0) is 0 Å². The highest BCUT2D eigenvalue weighted by molar-refractivity contribution is 6.04. The first kappa shape index (κ1) is 18.0. The van der Waals surface area contributed by atoms with E-state index in [-0.39, 0.29) is 5.91 Å². The van der Waals surface area contributed by atoms with Crippen molar-refractivity contribution in [2.45, 2.75) is 0 Å². The van der Waals surface area contributed by atoms with Crippen LogP contribution in [0.1, 0.15) is 10.4 Å². The SMILES string of the molecule is CN(C)C(=O)c1ccn2nc(-c3ccccn3)c(-c3ccnc4ccccc34)c2c1. The molecule has 0 aliphatic carbocycles. The van der Waals surface area contributed by atoms with Crippen molar-refractivity contribution in [1.82, 2.24) is 24.5 Å². The van der Waals surface area contributed by atoms with Crippen LogP contribution in [0.3, 0.4) is 0 Å². The number of hydrogen-bond donors (Lipinski definition) is 0. The van der Waals surface area contributed by atoms with Crippen molar-refractivity contribution in [3.63, 3.8) is 0 Å². The van der Waals surface area contributed by atoms with Crippen molar-refractivity contribution in [2.24, 2.45) is 0 Å². The van der Waals surface area contributed by atoms with Crippen molar-refractivity contribution in [1.29, 1.82) is 0 Å². The molecule has 4 heterocycles. The zero-order valence-corrected chi connectivity index (χ0v) is 16.6. The number of rotatable bonds is 3. The van der Waals surface area contributed by atoms with Crippen LogP contribution >= 0.6 is 0 Å². The van der Waals surface area contributed by atoms with Crippen LogP contribution in [0.5, 0.6) is 0 Å². The van der Waals surface area contributed by atoms with Gasteiger partial charge in [-0.05, 0) is 42.0 Å². The maximum atomic E-state index is 12.6. The van der Waals surface area contributed by atoms with E-state index in [4.69, 9.17) is 5.10 Å². The van der Waals surface area contributed by atoms with Gasteiger partial charge in [0, 0.05) is 49.2 Å². The van der Waals surface area contributed by atoms with Crippen LogP contribution < -0.4 is 0 Å². The Kier molecular flexibility index (Phi) is 4.25. The molecule has 0 radical (unpaired) electrons. The summed E-state index contributed by atoms with van der Waals surface area (Å²) < 4.78 is 1.81. The number of amides is 1. The summed E-state index contributed by atoms with van der Waals surface area (Å²) in [4.78, 5) is 23.2. The van der Waals surface area contributed by atoms with Crippen LogP contribution in [0.15, 0.2) is 79.3 Å². The molecule has 0 saturated carbocycles. The van der Waals surface area contributed by atoms with Crippen molar-refractivity contribution >= 4 is 22.3 Å². The quantitative estimate of drug-likeness (QED) is 0.458. The average molecular weight is 393 g/mol. The van der Waals surface area contributed by atoms with Crippen LogP contribution in [0.2, 0.25) is 0 Å². The Morgan fingerprint density at radius 2 is 1.77 bits per heavy atom. The fourth-order valence-electron chi connectivity index (χ4n) is 3.70. The van der Waals surface area contributed by atoms with Gasteiger partial charge in [-0.15, -0.1) is 0 Å². The Labute approximate surface area is 173 Å². The molecule has 5 rings (SSSR count). The highest BCUT2D eigenvalue weighted by atomic mass is 16.2. The normalized spacial score (nSPS) is 11.1. The second-order valence-corrected chi connectivity index (χ2v) is 7.26. The molecule has 0 fully saturated rings. The lowest BCUT2D eigenvalue weighted by Gasteiger charge is -2.11. The Bertz CT molecular complexity index is 1380. The van der Waals surface area contributed by atoms with Crippen LogP contribution in [-0.4, -0.2) is 44.5 Å². The number of benzene rings is 1. The van der Waals surface area contributed by atoms with Crippen LogP contribution in [0, 0.1) is 0 Å². The van der Waals surface area contributed by atoms with Crippen LogP contribution in [0.25, 0.3) is 38.9 Å². The fraction of sp³-hybridized carbons (Fsp3) is 0.0833. The topological polar surface area (TPSA) is 63.4 Å². The third-order valence-electron chi connectivity index (χ3n) is 5.11. The predicted molar refractivity (Wildman–Crippen MR) is 117 cm³/mol. The first-order chi connectivity index (χ1) is 14.6. The first-order valence-electron chi connectivity index (χ1n) is 9.63. The van der Waals surface area contributed by atoms with E-state index in [0.717, 1.165) is 38.9 Å². The van der Waals surface area contributed by atoms with E-state index < -0.39 is 0 Å². The Balaban J connectivity index is 1.87. The number of para-hydroxylation sites is 1. The van der Waals surface area contributed by atoms with Crippen molar-refractivity contribution in [3.8, 4) is 22.5 Å². The molecule has 1 aromatic carbocycles. The van der Waals surface area contributed by atoms with E-state index in [1.54, 1.807) is 42.0 Å². The predicted octanol–water partition coefficient (Wildman–Crippen LogP) is 4.31. The lowest BCUT2D eigenvalue weighted by Crippen LogP contribution is -2.21. The van der Waals surface area contributed by atoms with Gasteiger partial charge in [0.05, 0.1) is 16.7 Å². The second-order valence-electron chi connectivity index (χ2n) is 7.26. The van der Waals surface area contributed by atoms with E-state index in [9.17, 15) is 4.79 Å². The summed E-state index contributed by atoms with van der Waals surface area (Å²) in [6.45, 7) is 0. The number of carbonyl (C=O) groups is 1. The van der Waals surface area contributed by atoms with Gasteiger partial charge in [-0.3, -0.25) is 14.8 Å². The molecule has 146 valence electrons. The summed E-state index contributed by atoms with van der Waals surface area (Å²) in [5.41, 5.74) is 5.84. The minimum Gasteiger partial charge on any atom is -0.345 e. The zero-order chi connectivity index (χ0) is 20.7. The van der Waals surface area contributed by atoms with Gasteiger partial charge in [-0.1, -0.05) is 24.3 Å². The summed E-state index contributed by atoms with van der Waals surface area (Å²) in [6, 6.07) is 19.5. The summed E-state index contributed by atoms with van der Waals surface area (Å²) in [5.74, 6) is -0.0522. The highest BCUT2D eigenvalue weighted by Crippen LogP contribution is 2.37. The molecule has 6 heteroatoms. The maximum absolute atomic E-state index is 12.6. The molecule has 0 aliphatic heterocycles. The lowest BCUT2D eigenvalue weighted by molar-refractivity contribution is 0.0827. The summed E-state index contributed by atoms with van der Waals surface area (Å²) >= 11 is 0. The molecule has 0 atom stereocenters. The molecule has 0 saturated heterocycles. The van der Waals surface area contributed by atoms with E-state index >= 15 is 0 Å². The van der Waals surface area contributed by atoms with Gasteiger partial charge >= 0.3 is 0 Å². The molecule has 0 unspecified atom stereocenters. The molecule has 0 aliphatic rings. The maximum Gasteiger partial charge on any atom is 0.253 e. The van der Waals surface area contributed by atoms with E-state index in [1.165, 1.54) is 0 Å². The molecule has 5 aromatic rings. The molecule has 6 nitrogen and oxygen atoms in total. The number of aromatic nitrogens is 4. The van der Waals surface area contributed by atoms with Gasteiger partial charge in [0.1, 0.15) is 5.69 Å².